The van der Waals surface area contributed by atoms with Gasteiger partial charge in [-0.1, -0.05) is 35.9 Å². The van der Waals surface area contributed by atoms with Crippen LogP contribution >= 0.6 is 0 Å². The van der Waals surface area contributed by atoms with Gasteiger partial charge in [0.15, 0.2) is 0 Å². The number of piperidine rings is 1. The molecular formula is C22H22FNO3. The number of nitrogens with zero attached hydrogens (tertiary/aromatic N) is 1. The maximum Gasteiger partial charge on any atom is 0.335 e. The van der Waals surface area contributed by atoms with Crippen molar-refractivity contribution in [2.45, 2.75) is 25.7 Å². The van der Waals surface area contributed by atoms with Crippen molar-refractivity contribution in [1.29, 1.82) is 0 Å². The van der Waals surface area contributed by atoms with Crippen molar-refractivity contribution in [1.82, 2.24) is 4.90 Å². The van der Waals surface area contributed by atoms with Gasteiger partial charge in [-0.2, -0.15) is 0 Å². The van der Waals surface area contributed by atoms with E-state index in [1.165, 1.54) is 17.7 Å². The van der Waals surface area contributed by atoms with E-state index >= 15 is 0 Å². The predicted octanol–water partition coefficient (Wildman–Crippen LogP) is 4.16. The fourth-order valence-electron chi connectivity index (χ4n) is 3.24. The predicted molar refractivity (Wildman–Crippen MR) is 102 cm³/mol. The van der Waals surface area contributed by atoms with Crippen LogP contribution < -0.4 is 0 Å². The zero-order valence-electron chi connectivity index (χ0n) is 15.0. The lowest BCUT2D eigenvalue weighted by Crippen LogP contribution is -2.36. The topological polar surface area (TPSA) is 57.6 Å². The average molecular weight is 367 g/mol. The van der Waals surface area contributed by atoms with Crippen molar-refractivity contribution in [2.24, 2.45) is 0 Å². The van der Waals surface area contributed by atoms with Crippen molar-refractivity contribution in [3.05, 3.63) is 76.6 Å². The summed E-state index contributed by atoms with van der Waals surface area (Å²) in [5, 5.41) is 8.91. The number of hydrogen-bond acceptors (Lipinski definition) is 2. The van der Waals surface area contributed by atoms with Gasteiger partial charge in [0.1, 0.15) is 5.82 Å². The summed E-state index contributed by atoms with van der Waals surface area (Å²) in [4.78, 5) is 25.1. The molecule has 1 aliphatic rings. The minimum Gasteiger partial charge on any atom is -0.478 e. The fraction of sp³-hybridized carbons (Fsp3) is 0.273. The molecule has 0 bridgehead atoms. The highest BCUT2D eigenvalue weighted by molar-refractivity contribution is 5.87. The lowest BCUT2D eigenvalue weighted by molar-refractivity contribution is -0.131. The molecule has 2 aromatic rings. The second-order valence-electron chi connectivity index (χ2n) is 6.74. The lowest BCUT2D eigenvalue weighted by atomic mass is 10.00. The first kappa shape index (κ1) is 18.8. The van der Waals surface area contributed by atoms with Gasteiger partial charge in [-0.05, 0) is 54.7 Å². The number of benzene rings is 2. The molecule has 0 unspecified atom stereocenters. The minimum atomic E-state index is -0.951. The quantitative estimate of drug-likeness (QED) is 0.863. The molecule has 0 saturated carbocycles. The van der Waals surface area contributed by atoms with Gasteiger partial charge in [0.05, 0.1) is 5.56 Å². The van der Waals surface area contributed by atoms with Crippen molar-refractivity contribution in [3.63, 3.8) is 0 Å². The molecule has 3 rings (SSSR count). The Morgan fingerprint density at radius 1 is 1.07 bits per heavy atom. The molecule has 1 saturated heterocycles. The Bertz CT molecular complexity index is 848. The number of carbonyl (C=O) groups is 2. The molecular weight excluding hydrogens is 345 g/mol. The molecule has 1 fully saturated rings. The van der Waals surface area contributed by atoms with Gasteiger partial charge in [0.2, 0.25) is 5.91 Å². The monoisotopic (exact) mass is 367 g/mol. The van der Waals surface area contributed by atoms with Gasteiger partial charge >= 0.3 is 5.97 Å². The number of halogens is 1. The highest BCUT2D eigenvalue weighted by atomic mass is 19.1. The van der Waals surface area contributed by atoms with Crippen LogP contribution in [0.4, 0.5) is 4.39 Å². The molecule has 0 spiro atoms. The van der Waals surface area contributed by atoms with Crippen LogP contribution in [-0.2, 0) is 11.2 Å². The molecule has 1 amide bonds. The van der Waals surface area contributed by atoms with E-state index in [0.717, 1.165) is 24.0 Å². The highest BCUT2D eigenvalue weighted by Crippen LogP contribution is 2.21. The number of aryl methyl sites for hydroxylation is 1. The fourth-order valence-corrected chi connectivity index (χ4v) is 3.24. The minimum absolute atomic E-state index is 0.113. The number of carbonyl (C=O) groups excluding carboxylic acids is 1. The second-order valence-corrected chi connectivity index (χ2v) is 6.74. The Hall–Kier alpha value is -2.95. The number of likely N-dealkylation sites (tertiary alicyclic amines) is 1. The molecule has 1 heterocycles. The first-order valence-corrected chi connectivity index (χ1v) is 9.06. The standard InChI is InChI=1S/C22H22FNO3/c23-20-3-1-2-18(15-20)14-17-10-12-24(13-11-17)21(25)9-6-16-4-7-19(8-5-16)22(26)27/h1-5,7-8,14-15H,6,9-13H2,(H,26,27). The highest BCUT2D eigenvalue weighted by Gasteiger charge is 2.18. The zero-order chi connectivity index (χ0) is 19.2. The average Bonchev–Trinajstić information content (AvgIpc) is 2.67. The maximum atomic E-state index is 13.3. The second kappa shape index (κ2) is 8.62. The van der Waals surface area contributed by atoms with Crippen molar-refractivity contribution in [2.75, 3.05) is 13.1 Å². The van der Waals surface area contributed by atoms with Crippen LogP contribution in [0, 0.1) is 5.82 Å². The molecule has 0 atom stereocenters. The van der Waals surface area contributed by atoms with E-state index in [2.05, 4.69) is 0 Å². The van der Waals surface area contributed by atoms with Crippen LogP contribution in [0.1, 0.15) is 40.7 Å². The van der Waals surface area contributed by atoms with Crippen LogP contribution in [0.2, 0.25) is 0 Å². The molecule has 1 N–H and O–H groups in total. The van der Waals surface area contributed by atoms with Crippen molar-refractivity contribution >= 4 is 18.0 Å². The summed E-state index contributed by atoms with van der Waals surface area (Å²) in [6, 6.07) is 13.2. The normalized spacial score (nSPS) is 14.1. The summed E-state index contributed by atoms with van der Waals surface area (Å²) >= 11 is 0. The van der Waals surface area contributed by atoms with Crippen molar-refractivity contribution < 1.29 is 19.1 Å². The molecule has 5 heteroatoms. The summed E-state index contributed by atoms with van der Waals surface area (Å²) in [5.74, 6) is -1.08. The van der Waals surface area contributed by atoms with Gasteiger partial charge in [-0.15, -0.1) is 0 Å². The first-order chi connectivity index (χ1) is 13.0. The molecule has 0 aromatic heterocycles. The van der Waals surface area contributed by atoms with Crippen LogP contribution in [0.15, 0.2) is 54.1 Å². The molecule has 1 aliphatic heterocycles. The van der Waals surface area contributed by atoms with Gasteiger partial charge in [-0.3, -0.25) is 4.79 Å². The van der Waals surface area contributed by atoms with E-state index in [9.17, 15) is 14.0 Å². The molecule has 140 valence electrons. The van der Waals surface area contributed by atoms with E-state index in [4.69, 9.17) is 5.11 Å². The summed E-state index contributed by atoms with van der Waals surface area (Å²) in [6.07, 6.45) is 4.62. The van der Waals surface area contributed by atoms with Gasteiger partial charge in [0.25, 0.3) is 0 Å². The van der Waals surface area contributed by atoms with Gasteiger partial charge < -0.3 is 10.0 Å². The van der Waals surface area contributed by atoms with E-state index < -0.39 is 5.97 Å². The lowest BCUT2D eigenvalue weighted by Gasteiger charge is -2.28. The third-order valence-electron chi connectivity index (χ3n) is 4.81. The number of carboxylic acid groups (broad SMARTS) is 1. The molecule has 0 radical (unpaired) electrons. The number of rotatable bonds is 5. The van der Waals surface area contributed by atoms with E-state index in [1.807, 2.05) is 17.0 Å². The van der Waals surface area contributed by atoms with Crippen LogP contribution in [-0.4, -0.2) is 35.0 Å². The number of amides is 1. The molecule has 0 aliphatic carbocycles. The first-order valence-electron chi connectivity index (χ1n) is 9.06. The number of aromatic carboxylic acids is 1. The van der Waals surface area contributed by atoms with E-state index in [1.54, 1.807) is 30.3 Å². The largest absolute Gasteiger partial charge is 0.478 e. The Morgan fingerprint density at radius 2 is 1.78 bits per heavy atom. The van der Waals surface area contributed by atoms with Crippen LogP contribution in [0.3, 0.4) is 0 Å². The molecule has 2 aromatic carbocycles. The zero-order valence-corrected chi connectivity index (χ0v) is 15.0. The number of carboxylic acids is 1. The van der Waals surface area contributed by atoms with Gasteiger partial charge in [0, 0.05) is 19.5 Å². The molecule has 27 heavy (non-hydrogen) atoms. The smallest absolute Gasteiger partial charge is 0.335 e. The summed E-state index contributed by atoms with van der Waals surface area (Å²) in [5.41, 5.74) is 3.29. The molecule has 4 nitrogen and oxygen atoms in total. The maximum absolute atomic E-state index is 13.3. The number of hydrogen-bond donors (Lipinski definition) is 1. The summed E-state index contributed by atoms with van der Waals surface area (Å²) in [7, 11) is 0. The third kappa shape index (κ3) is 5.26. The summed E-state index contributed by atoms with van der Waals surface area (Å²) < 4.78 is 13.3. The Kier molecular flexibility index (Phi) is 6.01. The van der Waals surface area contributed by atoms with E-state index in [-0.39, 0.29) is 17.3 Å². The Labute approximate surface area is 157 Å². The van der Waals surface area contributed by atoms with Gasteiger partial charge in [-0.25, -0.2) is 9.18 Å². The Balaban J connectivity index is 1.49. The van der Waals surface area contributed by atoms with Crippen molar-refractivity contribution in [3.8, 4) is 0 Å². The van der Waals surface area contributed by atoms with Crippen LogP contribution in [0.5, 0.6) is 0 Å². The van der Waals surface area contributed by atoms with Crippen LogP contribution in [0.25, 0.3) is 6.08 Å². The third-order valence-corrected chi connectivity index (χ3v) is 4.81. The Morgan fingerprint density at radius 3 is 2.41 bits per heavy atom. The summed E-state index contributed by atoms with van der Waals surface area (Å²) in [6.45, 7) is 1.36. The van der Waals surface area contributed by atoms with E-state index in [0.29, 0.717) is 25.9 Å². The SMILES string of the molecule is O=C(O)c1ccc(CCC(=O)N2CCC(=Cc3cccc(F)c3)CC2)cc1.